The highest BCUT2D eigenvalue weighted by Gasteiger charge is 2.36. The minimum atomic E-state index is -4.37. The summed E-state index contributed by atoms with van der Waals surface area (Å²) in [5.41, 5.74) is -0.817. The topological polar surface area (TPSA) is 29.9 Å². The van der Waals surface area contributed by atoms with Crippen molar-refractivity contribution < 1.29 is 13.2 Å². The van der Waals surface area contributed by atoms with Crippen LogP contribution in [0.3, 0.4) is 0 Å². The van der Waals surface area contributed by atoms with E-state index < -0.39 is 11.9 Å². The molecule has 0 saturated heterocycles. The summed E-state index contributed by atoms with van der Waals surface area (Å²) < 4.78 is 39.1. The fraction of sp³-hybridized carbons (Fsp3) is 0.700. The van der Waals surface area contributed by atoms with Crippen molar-refractivity contribution in [3.63, 3.8) is 0 Å². The molecule has 0 spiro atoms. The van der Waals surface area contributed by atoms with Crippen LogP contribution in [0.15, 0.2) is 6.20 Å². The molecule has 0 saturated carbocycles. The van der Waals surface area contributed by atoms with Gasteiger partial charge in [-0.25, -0.2) is 4.98 Å². The maximum atomic E-state index is 12.5. The normalized spacial score (nSPS) is 20.8. The van der Waals surface area contributed by atoms with Crippen molar-refractivity contribution in [2.75, 3.05) is 11.9 Å². The van der Waals surface area contributed by atoms with Crippen LogP contribution in [0.5, 0.6) is 0 Å². The van der Waals surface area contributed by atoms with Gasteiger partial charge in [0, 0.05) is 18.8 Å². The zero-order valence-electron chi connectivity index (χ0n) is 9.17. The second-order valence-electron chi connectivity index (χ2n) is 4.38. The van der Waals surface area contributed by atoms with E-state index in [2.05, 4.69) is 10.3 Å². The van der Waals surface area contributed by atoms with Gasteiger partial charge in [-0.3, -0.25) is 0 Å². The highest BCUT2D eigenvalue weighted by Crippen LogP contribution is 2.35. The predicted molar refractivity (Wildman–Crippen MR) is 54.2 cm³/mol. The Morgan fingerprint density at radius 1 is 1.50 bits per heavy atom. The lowest BCUT2D eigenvalue weighted by Crippen LogP contribution is -2.25. The number of aromatic nitrogens is 2. The van der Waals surface area contributed by atoms with Crippen molar-refractivity contribution in [3.05, 3.63) is 11.9 Å². The van der Waals surface area contributed by atoms with E-state index in [1.54, 1.807) is 4.57 Å². The van der Waals surface area contributed by atoms with Crippen LogP contribution in [0.25, 0.3) is 0 Å². The van der Waals surface area contributed by atoms with Crippen LogP contribution >= 0.6 is 0 Å². The maximum absolute atomic E-state index is 12.5. The molecule has 2 heterocycles. The number of hydrogen-bond donors (Lipinski definition) is 1. The van der Waals surface area contributed by atoms with E-state index in [0.29, 0.717) is 18.4 Å². The molecular weight excluding hydrogens is 219 g/mol. The molecular formula is C10H14F3N3. The van der Waals surface area contributed by atoms with Gasteiger partial charge in [-0.1, -0.05) is 13.8 Å². The van der Waals surface area contributed by atoms with Crippen LogP contribution in [-0.2, 0) is 6.18 Å². The summed E-state index contributed by atoms with van der Waals surface area (Å²) in [6, 6.07) is 0.0971. The molecule has 0 radical (unpaired) electrons. The van der Waals surface area contributed by atoms with Crippen molar-refractivity contribution in [2.45, 2.75) is 32.5 Å². The summed E-state index contributed by atoms with van der Waals surface area (Å²) in [5.74, 6) is 0.633. The number of anilines is 1. The summed E-state index contributed by atoms with van der Waals surface area (Å²) in [7, 11) is 0. The first-order chi connectivity index (χ1) is 7.39. The summed E-state index contributed by atoms with van der Waals surface area (Å²) >= 11 is 0. The Morgan fingerprint density at radius 3 is 2.75 bits per heavy atom. The van der Waals surface area contributed by atoms with Crippen molar-refractivity contribution in [1.82, 2.24) is 9.55 Å². The van der Waals surface area contributed by atoms with Gasteiger partial charge in [0.25, 0.3) is 0 Å². The van der Waals surface area contributed by atoms with E-state index in [-0.39, 0.29) is 6.04 Å². The largest absolute Gasteiger partial charge is 0.434 e. The summed E-state index contributed by atoms with van der Waals surface area (Å²) in [6.07, 6.45) is -2.43. The highest BCUT2D eigenvalue weighted by atomic mass is 19.4. The molecule has 16 heavy (non-hydrogen) atoms. The van der Waals surface area contributed by atoms with Crippen molar-refractivity contribution in [3.8, 4) is 0 Å². The molecule has 1 atom stereocenters. The van der Waals surface area contributed by atoms with E-state index in [0.717, 1.165) is 12.6 Å². The third-order valence-electron chi connectivity index (χ3n) is 2.87. The lowest BCUT2D eigenvalue weighted by molar-refractivity contribution is -0.140. The quantitative estimate of drug-likeness (QED) is 0.808. The van der Waals surface area contributed by atoms with Gasteiger partial charge in [-0.05, 0) is 12.3 Å². The van der Waals surface area contributed by atoms with Crippen molar-refractivity contribution >= 4 is 5.95 Å². The lowest BCUT2D eigenvalue weighted by Gasteiger charge is -2.28. The molecule has 0 aromatic carbocycles. The number of fused-ring (bicyclic) bond motifs is 1. The smallest absolute Gasteiger partial charge is 0.356 e. The zero-order valence-corrected chi connectivity index (χ0v) is 9.17. The Bertz CT molecular complexity index is 381. The van der Waals surface area contributed by atoms with E-state index in [9.17, 15) is 13.2 Å². The molecule has 1 aliphatic heterocycles. The monoisotopic (exact) mass is 233 g/mol. The van der Waals surface area contributed by atoms with Gasteiger partial charge in [0.05, 0.1) is 0 Å². The first-order valence-electron chi connectivity index (χ1n) is 5.29. The standard InChI is InChI=1S/C10H14F3N3/c1-6(2)7-3-4-14-9-15-8(5-16(7)9)10(11,12)13/h5-7H,3-4H2,1-2H3,(H,14,15). The Labute approximate surface area is 91.7 Å². The average Bonchev–Trinajstić information content (AvgIpc) is 2.59. The molecule has 1 aromatic rings. The predicted octanol–water partition coefficient (Wildman–Crippen LogP) is 2.91. The number of nitrogens with zero attached hydrogens (tertiary/aromatic N) is 2. The highest BCUT2D eigenvalue weighted by molar-refractivity contribution is 5.33. The number of nitrogens with one attached hydrogen (secondary N) is 1. The molecule has 0 bridgehead atoms. The molecule has 0 aliphatic carbocycles. The van der Waals surface area contributed by atoms with Crippen molar-refractivity contribution in [1.29, 1.82) is 0 Å². The first-order valence-corrected chi connectivity index (χ1v) is 5.29. The van der Waals surface area contributed by atoms with Crippen LogP contribution in [-0.4, -0.2) is 16.1 Å². The Balaban J connectivity index is 2.38. The third-order valence-corrected chi connectivity index (χ3v) is 2.87. The molecule has 2 rings (SSSR count). The van der Waals surface area contributed by atoms with Gasteiger partial charge in [-0.2, -0.15) is 13.2 Å². The maximum Gasteiger partial charge on any atom is 0.434 e. The van der Waals surface area contributed by atoms with Gasteiger partial charge in [-0.15, -0.1) is 0 Å². The SMILES string of the molecule is CC(C)C1CCNc2nc(C(F)(F)F)cn21. The summed E-state index contributed by atoms with van der Waals surface area (Å²) in [6.45, 7) is 4.69. The van der Waals surface area contributed by atoms with Crippen LogP contribution in [0.1, 0.15) is 32.0 Å². The molecule has 3 nitrogen and oxygen atoms in total. The minimum Gasteiger partial charge on any atom is -0.356 e. The van der Waals surface area contributed by atoms with E-state index >= 15 is 0 Å². The van der Waals surface area contributed by atoms with Gasteiger partial charge in [0.2, 0.25) is 5.95 Å². The summed E-state index contributed by atoms with van der Waals surface area (Å²) in [5, 5.41) is 2.89. The van der Waals surface area contributed by atoms with Crippen LogP contribution in [0.4, 0.5) is 19.1 Å². The second-order valence-corrected chi connectivity index (χ2v) is 4.38. The number of rotatable bonds is 1. The number of hydrogen-bond acceptors (Lipinski definition) is 2. The molecule has 1 N–H and O–H groups in total. The average molecular weight is 233 g/mol. The number of alkyl halides is 3. The van der Waals surface area contributed by atoms with Gasteiger partial charge in [0.1, 0.15) is 0 Å². The van der Waals surface area contributed by atoms with Crippen molar-refractivity contribution in [2.24, 2.45) is 5.92 Å². The fourth-order valence-electron chi connectivity index (χ4n) is 2.04. The molecule has 1 aliphatic rings. The van der Waals surface area contributed by atoms with E-state index in [1.807, 2.05) is 13.8 Å². The van der Waals surface area contributed by atoms with Gasteiger partial charge < -0.3 is 9.88 Å². The molecule has 1 unspecified atom stereocenters. The molecule has 90 valence electrons. The zero-order chi connectivity index (χ0) is 11.9. The molecule has 6 heteroatoms. The van der Waals surface area contributed by atoms with Gasteiger partial charge in [0.15, 0.2) is 5.69 Å². The second kappa shape index (κ2) is 3.68. The Hall–Kier alpha value is -1.20. The number of halogens is 3. The van der Waals surface area contributed by atoms with Crippen LogP contribution in [0, 0.1) is 5.92 Å². The summed E-state index contributed by atoms with van der Waals surface area (Å²) in [4.78, 5) is 3.58. The third kappa shape index (κ3) is 1.88. The lowest BCUT2D eigenvalue weighted by atomic mass is 10.00. The Morgan fingerprint density at radius 2 is 2.19 bits per heavy atom. The molecule has 1 aromatic heterocycles. The van der Waals surface area contributed by atoms with E-state index in [1.165, 1.54) is 0 Å². The molecule has 0 amide bonds. The van der Waals surface area contributed by atoms with Gasteiger partial charge >= 0.3 is 6.18 Å². The Kier molecular flexibility index (Phi) is 2.59. The van der Waals surface area contributed by atoms with Crippen LogP contribution < -0.4 is 5.32 Å². The fourth-order valence-corrected chi connectivity index (χ4v) is 2.04. The first kappa shape index (κ1) is 11.3. The minimum absolute atomic E-state index is 0.0971. The van der Waals surface area contributed by atoms with Crippen LogP contribution in [0.2, 0.25) is 0 Å². The number of imidazole rings is 1. The van der Waals surface area contributed by atoms with E-state index in [4.69, 9.17) is 0 Å². The molecule has 0 fully saturated rings.